The fourth-order valence-corrected chi connectivity index (χ4v) is 2.29. The van der Waals surface area contributed by atoms with Crippen LogP contribution in [0.2, 0.25) is 0 Å². The quantitative estimate of drug-likeness (QED) is 0.807. The molecule has 5 heteroatoms. The van der Waals surface area contributed by atoms with Gasteiger partial charge in [0, 0.05) is 5.39 Å². The monoisotopic (exact) mass is 274 g/mol. The zero-order chi connectivity index (χ0) is 13.9. The van der Waals surface area contributed by atoms with Crippen LogP contribution in [0.3, 0.4) is 0 Å². The fraction of sp³-hybridized carbons (Fsp3) is 0.400. The van der Waals surface area contributed by atoms with Crippen LogP contribution >= 0.6 is 0 Å². The van der Waals surface area contributed by atoms with Crippen molar-refractivity contribution in [1.29, 1.82) is 0 Å². The maximum absolute atomic E-state index is 5.88. The van der Waals surface area contributed by atoms with E-state index in [1.807, 2.05) is 36.2 Å². The number of ether oxygens (including phenoxy) is 2. The number of fused-ring (bicyclic) bond motifs is 1. The molecule has 1 aliphatic rings. The summed E-state index contributed by atoms with van der Waals surface area (Å²) in [7, 11) is 1.64. The first kappa shape index (κ1) is 13.0. The average molecular weight is 274 g/mol. The van der Waals surface area contributed by atoms with Crippen molar-refractivity contribution in [2.45, 2.75) is 6.92 Å². The molecule has 0 radical (unpaired) electrons. The molecule has 0 spiro atoms. The van der Waals surface area contributed by atoms with Crippen molar-refractivity contribution in [3.05, 3.63) is 30.0 Å². The van der Waals surface area contributed by atoms with Gasteiger partial charge in [-0.3, -0.25) is 5.01 Å². The maximum atomic E-state index is 5.88. The highest BCUT2D eigenvalue weighted by atomic mass is 16.5. The van der Waals surface area contributed by atoms with Crippen molar-refractivity contribution >= 4 is 16.7 Å². The molecule has 2 heterocycles. The van der Waals surface area contributed by atoms with Gasteiger partial charge in [0.15, 0.2) is 17.1 Å². The molecule has 3 rings (SSSR count). The standard InChI is InChI=1S/C15H18N2O3/c1-11(16-17-6-8-19-9-7-17)14-10-12-4-3-5-13(18-2)15(12)20-14/h3-5,10H,6-9H2,1-2H3/b16-11+. The summed E-state index contributed by atoms with van der Waals surface area (Å²) >= 11 is 0. The second-order valence-corrected chi connectivity index (χ2v) is 4.74. The molecule has 20 heavy (non-hydrogen) atoms. The smallest absolute Gasteiger partial charge is 0.176 e. The van der Waals surface area contributed by atoms with Crippen molar-refractivity contribution in [3.63, 3.8) is 0 Å². The van der Waals surface area contributed by atoms with Gasteiger partial charge in [-0.05, 0) is 19.1 Å². The van der Waals surface area contributed by atoms with E-state index in [0.717, 1.165) is 54.5 Å². The minimum Gasteiger partial charge on any atom is -0.493 e. The van der Waals surface area contributed by atoms with Crippen LogP contribution in [0.5, 0.6) is 5.75 Å². The molecule has 0 bridgehead atoms. The lowest BCUT2D eigenvalue weighted by atomic mass is 10.2. The zero-order valence-electron chi connectivity index (χ0n) is 11.8. The Kier molecular flexibility index (Phi) is 3.60. The first-order valence-electron chi connectivity index (χ1n) is 6.73. The number of rotatable bonds is 3. The SMILES string of the molecule is COc1cccc2cc(/C(C)=N/N3CCOCC3)oc12. The second-order valence-electron chi connectivity index (χ2n) is 4.74. The minimum absolute atomic E-state index is 0.727. The molecule has 1 aliphatic heterocycles. The lowest BCUT2D eigenvalue weighted by molar-refractivity contribution is 0.0393. The molecule has 0 saturated carbocycles. The molecule has 0 unspecified atom stereocenters. The van der Waals surface area contributed by atoms with Crippen molar-refractivity contribution in [3.8, 4) is 5.75 Å². The molecule has 5 nitrogen and oxygen atoms in total. The van der Waals surface area contributed by atoms with Gasteiger partial charge in [-0.2, -0.15) is 5.10 Å². The van der Waals surface area contributed by atoms with Crippen LogP contribution in [-0.2, 0) is 4.74 Å². The van der Waals surface area contributed by atoms with E-state index in [0.29, 0.717) is 0 Å². The highest BCUT2D eigenvalue weighted by Crippen LogP contribution is 2.28. The van der Waals surface area contributed by atoms with E-state index >= 15 is 0 Å². The van der Waals surface area contributed by atoms with Gasteiger partial charge in [0.05, 0.1) is 39.1 Å². The van der Waals surface area contributed by atoms with Gasteiger partial charge < -0.3 is 13.9 Å². The highest BCUT2D eigenvalue weighted by Gasteiger charge is 2.13. The first-order valence-corrected chi connectivity index (χ1v) is 6.73. The normalized spacial score (nSPS) is 16.7. The van der Waals surface area contributed by atoms with Crippen LogP contribution in [-0.4, -0.2) is 44.1 Å². The molecule has 1 aromatic carbocycles. The zero-order valence-corrected chi connectivity index (χ0v) is 11.8. The molecule has 1 fully saturated rings. The summed E-state index contributed by atoms with van der Waals surface area (Å²) in [4.78, 5) is 0. The summed E-state index contributed by atoms with van der Waals surface area (Å²) < 4.78 is 16.5. The number of hydrogen-bond donors (Lipinski definition) is 0. The van der Waals surface area contributed by atoms with E-state index < -0.39 is 0 Å². The minimum atomic E-state index is 0.727. The summed E-state index contributed by atoms with van der Waals surface area (Å²) in [5.41, 5.74) is 1.63. The van der Waals surface area contributed by atoms with E-state index in [-0.39, 0.29) is 0 Å². The second kappa shape index (κ2) is 5.54. The molecular weight excluding hydrogens is 256 g/mol. The summed E-state index contributed by atoms with van der Waals surface area (Å²) in [6.45, 7) is 5.05. The third-order valence-corrected chi connectivity index (χ3v) is 3.36. The van der Waals surface area contributed by atoms with Crippen LogP contribution in [0.25, 0.3) is 11.0 Å². The summed E-state index contributed by atoms with van der Waals surface area (Å²) in [5.74, 6) is 1.52. The van der Waals surface area contributed by atoms with Crippen molar-refractivity contribution < 1.29 is 13.9 Å². The third kappa shape index (κ3) is 2.49. The predicted octanol–water partition coefficient (Wildman–Crippen LogP) is 2.50. The van der Waals surface area contributed by atoms with Crippen LogP contribution in [0.1, 0.15) is 12.7 Å². The molecule has 1 saturated heterocycles. The number of para-hydroxylation sites is 1. The van der Waals surface area contributed by atoms with Gasteiger partial charge >= 0.3 is 0 Å². The van der Waals surface area contributed by atoms with E-state index in [4.69, 9.17) is 13.9 Å². The van der Waals surface area contributed by atoms with Crippen LogP contribution in [0.15, 0.2) is 33.8 Å². The highest BCUT2D eigenvalue weighted by molar-refractivity contribution is 6.00. The van der Waals surface area contributed by atoms with E-state index in [1.54, 1.807) is 7.11 Å². The van der Waals surface area contributed by atoms with Gasteiger partial charge in [0.25, 0.3) is 0 Å². The lowest BCUT2D eigenvalue weighted by Gasteiger charge is -2.24. The summed E-state index contributed by atoms with van der Waals surface area (Å²) in [5, 5.41) is 7.63. The number of nitrogens with zero attached hydrogens (tertiary/aromatic N) is 2. The molecule has 106 valence electrons. The van der Waals surface area contributed by atoms with E-state index in [1.165, 1.54) is 0 Å². The maximum Gasteiger partial charge on any atom is 0.176 e. The van der Waals surface area contributed by atoms with Crippen LogP contribution in [0.4, 0.5) is 0 Å². The Morgan fingerprint density at radius 1 is 1.30 bits per heavy atom. The van der Waals surface area contributed by atoms with Gasteiger partial charge in [-0.15, -0.1) is 0 Å². The average Bonchev–Trinajstić information content (AvgIpc) is 2.92. The Morgan fingerprint density at radius 3 is 2.85 bits per heavy atom. The Bertz CT molecular complexity index is 627. The first-order chi connectivity index (χ1) is 9.78. The third-order valence-electron chi connectivity index (χ3n) is 3.36. The molecule has 0 aliphatic carbocycles. The predicted molar refractivity (Wildman–Crippen MR) is 77.4 cm³/mol. The molecule has 0 N–H and O–H groups in total. The number of morpholine rings is 1. The fourth-order valence-electron chi connectivity index (χ4n) is 2.29. The Labute approximate surface area is 117 Å². The molecule has 0 amide bonds. The Morgan fingerprint density at radius 2 is 2.10 bits per heavy atom. The van der Waals surface area contributed by atoms with Gasteiger partial charge in [-0.1, -0.05) is 12.1 Å². The van der Waals surface area contributed by atoms with E-state index in [2.05, 4.69) is 5.10 Å². The number of furan rings is 1. The lowest BCUT2D eigenvalue weighted by Crippen LogP contribution is -2.33. The molecular formula is C15H18N2O3. The number of benzene rings is 1. The van der Waals surface area contributed by atoms with Gasteiger partial charge in [0.2, 0.25) is 0 Å². The van der Waals surface area contributed by atoms with Gasteiger partial charge in [0.1, 0.15) is 0 Å². The molecule has 1 aromatic heterocycles. The van der Waals surface area contributed by atoms with Crippen LogP contribution < -0.4 is 4.74 Å². The summed E-state index contributed by atoms with van der Waals surface area (Å²) in [6.07, 6.45) is 0. The number of hydrazone groups is 1. The Hall–Kier alpha value is -2.01. The molecule has 0 atom stereocenters. The van der Waals surface area contributed by atoms with Crippen molar-refractivity contribution in [2.75, 3.05) is 33.4 Å². The van der Waals surface area contributed by atoms with Crippen molar-refractivity contribution in [1.82, 2.24) is 5.01 Å². The topological polar surface area (TPSA) is 47.2 Å². The van der Waals surface area contributed by atoms with Gasteiger partial charge in [-0.25, -0.2) is 0 Å². The number of hydrogen-bond acceptors (Lipinski definition) is 5. The van der Waals surface area contributed by atoms with Crippen LogP contribution in [0, 0.1) is 0 Å². The largest absolute Gasteiger partial charge is 0.493 e. The molecule has 2 aromatic rings. The Balaban J connectivity index is 1.91. The number of methoxy groups -OCH3 is 1. The van der Waals surface area contributed by atoms with E-state index in [9.17, 15) is 0 Å². The van der Waals surface area contributed by atoms with Crippen molar-refractivity contribution in [2.24, 2.45) is 5.10 Å². The summed E-state index contributed by atoms with van der Waals surface area (Å²) in [6, 6.07) is 7.85.